The zero-order valence-corrected chi connectivity index (χ0v) is 40.9. The average Bonchev–Trinajstić information content (AvgIpc) is 3.87. The second-order valence-electron chi connectivity index (χ2n) is 18.3. The van der Waals surface area contributed by atoms with Crippen LogP contribution in [0.15, 0.2) is 138 Å². The molecular weight excluding hydrogens is 961 g/mol. The van der Waals surface area contributed by atoms with Gasteiger partial charge in [0.2, 0.25) is 0 Å². The summed E-state index contributed by atoms with van der Waals surface area (Å²) in [7, 11) is -1.58. The van der Waals surface area contributed by atoms with Gasteiger partial charge in [0.1, 0.15) is 5.58 Å². The van der Waals surface area contributed by atoms with Crippen molar-refractivity contribution in [2.45, 2.75) is 85.8 Å². The molecule has 2 heterocycles. The van der Waals surface area contributed by atoms with Gasteiger partial charge in [0.25, 0.3) is 0 Å². The first-order valence-corrected chi connectivity index (χ1v) is 25.2. The molecule has 2 aromatic heterocycles. The van der Waals surface area contributed by atoms with Crippen LogP contribution in [0.4, 0.5) is 0 Å². The molecule has 63 heavy (non-hydrogen) atoms. The average molecular weight is 1020 g/mol. The number of fused-ring (bicyclic) bond motifs is 8. The predicted octanol–water partition coefficient (Wildman–Crippen LogP) is 15.9. The van der Waals surface area contributed by atoms with Gasteiger partial charge in [-0.15, -0.1) is 34.5 Å². The third kappa shape index (κ3) is 8.12. The minimum absolute atomic E-state index is 0. The molecule has 0 aliphatic heterocycles. The molecular formula is C58H55IrN2OSi. The monoisotopic (exact) mass is 1020 g/mol. The summed E-state index contributed by atoms with van der Waals surface area (Å²) in [6.07, 6.45) is 0. The molecule has 8 aromatic carbocycles. The summed E-state index contributed by atoms with van der Waals surface area (Å²) in [5.41, 5.74) is 11.4. The number of hydrogen-bond acceptors (Lipinski definition) is 2. The molecule has 10 rings (SSSR count). The van der Waals surface area contributed by atoms with Gasteiger partial charge in [-0.05, 0) is 57.1 Å². The molecule has 10 aromatic rings. The SMILES string of the molecule is CC(C)c1cccc(C(C)C)c1-n1c(-c2[c-]ccc3c2oc2c3ccc3c4ccccc4ccc32)nc2ccccc21.[2H]C([2H])([2H])c1c[c-]c(-c2[c-]cc([Si](C)(C)C)c(C([2H])(C)C)c2)cc1.[Ir+3]. The van der Waals surface area contributed by atoms with E-state index in [1.54, 1.807) is 12.1 Å². The second-order valence-corrected chi connectivity index (χ2v) is 23.3. The van der Waals surface area contributed by atoms with E-state index < -0.39 is 20.8 Å². The van der Waals surface area contributed by atoms with Crippen LogP contribution in [0.3, 0.4) is 0 Å². The minimum Gasteiger partial charge on any atom is -0.500 e. The summed E-state index contributed by atoms with van der Waals surface area (Å²) in [5.74, 6) is 0.850. The molecule has 0 fully saturated rings. The third-order valence-corrected chi connectivity index (χ3v) is 14.1. The summed E-state index contributed by atoms with van der Waals surface area (Å²) in [6, 6.07) is 55.5. The van der Waals surface area contributed by atoms with Crippen LogP contribution >= 0.6 is 0 Å². The molecule has 0 amide bonds. The maximum atomic E-state index is 8.49. The number of benzene rings is 8. The standard InChI is InChI=1S/C39H31N2O.C19H24Si.Ir/c1-23(2)26-13-9-14-27(24(3)4)36(26)41-35-18-8-7-17-34(35)40-39(41)33-16-10-15-30-32-22-21-29-28-12-6-5-11-25(28)19-20-31(29)37(32)42-38(30)33;1-14(2)18-13-17(11-12-19(18)20(4,5)6)16-9-7-15(3)8-10-16;/h5-15,17-24H,1-4H3;7-9,12-14H,1-6H3;/q-1;-2;+3/i;3D3,14D;. The molecule has 3 nitrogen and oxygen atoms in total. The maximum Gasteiger partial charge on any atom is 3.00 e. The van der Waals surface area contributed by atoms with Crippen LogP contribution < -0.4 is 5.19 Å². The number of imidazole rings is 1. The summed E-state index contributed by atoms with van der Waals surface area (Å²) >= 11 is 0. The number of para-hydroxylation sites is 3. The van der Waals surface area contributed by atoms with Crippen molar-refractivity contribution in [3.05, 3.63) is 174 Å². The first-order chi connectivity index (χ1) is 31.3. The van der Waals surface area contributed by atoms with E-state index in [-0.39, 0.29) is 25.7 Å². The van der Waals surface area contributed by atoms with Crippen molar-refractivity contribution in [3.63, 3.8) is 0 Å². The zero-order chi connectivity index (χ0) is 46.9. The Labute approximate surface area is 393 Å². The van der Waals surface area contributed by atoms with Gasteiger partial charge in [-0.25, -0.2) is 11.1 Å². The summed E-state index contributed by atoms with van der Waals surface area (Å²) in [6.45, 7) is 17.5. The molecule has 0 aliphatic rings. The number of rotatable bonds is 7. The van der Waals surface area contributed by atoms with E-state index in [1.165, 1.54) is 44.2 Å². The fraction of sp³-hybridized carbons (Fsp3) is 0.224. The normalized spacial score (nSPS) is 13.3. The van der Waals surface area contributed by atoms with E-state index in [1.807, 2.05) is 32.0 Å². The second kappa shape index (κ2) is 17.5. The molecule has 0 N–H and O–H groups in total. The van der Waals surface area contributed by atoms with E-state index >= 15 is 0 Å². The number of aryl methyl sites for hydroxylation is 1. The van der Waals surface area contributed by atoms with Gasteiger partial charge in [0, 0.05) is 30.0 Å². The Morgan fingerprint density at radius 2 is 1.30 bits per heavy atom. The fourth-order valence-electron chi connectivity index (χ4n) is 8.92. The van der Waals surface area contributed by atoms with Gasteiger partial charge in [0.15, 0.2) is 0 Å². The number of hydrogen-bond donors (Lipinski definition) is 0. The van der Waals surface area contributed by atoms with Crippen molar-refractivity contribution in [2.75, 3.05) is 0 Å². The summed E-state index contributed by atoms with van der Waals surface area (Å²) in [4.78, 5) is 5.26. The van der Waals surface area contributed by atoms with Crippen molar-refractivity contribution in [1.82, 2.24) is 9.55 Å². The van der Waals surface area contributed by atoms with Crippen LogP contribution in [0.1, 0.15) is 87.0 Å². The van der Waals surface area contributed by atoms with Crippen molar-refractivity contribution in [3.8, 4) is 28.2 Å². The van der Waals surface area contributed by atoms with E-state index in [4.69, 9.17) is 14.9 Å². The number of furan rings is 1. The predicted molar refractivity (Wildman–Crippen MR) is 267 cm³/mol. The van der Waals surface area contributed by atoms with Crippen molar-refractivity contribution >= 4 is 67.8 Å². The van der Waals surface area contributed by atoms with Crippen molar-refractivity contribution < 1.29 is 30.0 Å². The topological polar surface area (TPSA) is 31.0 Å². The fourth-order valence-corrected chi connectivity index (χ4v) is 10.6. The summed E-state index contributed by atoms with van der Waals surface area (Å²) < 4.78 is 40.0. The van der Waals surface area contributed by atoms with Gasteiger partial charge in [-0.3, -0.25) is 4.98 Å². The Balaban J connectivity index is 0.000000209. The Hall–Kier alpha value is -5.58. The molecule has 0 aliphatic carbocycles. The molecule has 0 atom stereocenters. The van der Waals surface area contributed by atoms with Gasteiger partial charge < -0.3 is 8.98 Å². The smallest absolute Gasteiger partial charge is 0.500 e. The zero-order valence-electron chi connectivity index (χ0n) is 41.5. The van der Waals surface area contributed by atoms with Crippen LogP contribution in [-0.2, 0) is 20.1 Å². The molecule has 0 bridgehead atoms. The Morgan fingerprint density at radius 3 is 2.00 bits per heavy atom. The van der Waals surface area contributed by atoms with E-state index in [0.717, 1.165) is 66.4 Å². The van der Waals surface area contributed by atoms with E-state index in [9.17, 15) is 0 Å². The largest absolute Gasteiger partial charge is 3.00 e. The number of nitrogens with zero attached hydrogens (tertiary/aromatic N) is 2. The summed E-state index contributed by atoms with van der Waals surface area (Å²) in [5, 5.41) is 8.21. The van der Waals surface area contributed by atoms with Crippen LogP contribution in [0, 0.1) is 25.1 Å². The number of aromatic nitrogens is 2. The van der Waals surface area contributed by atoms with Crippen LogP contribution in [0.5, 0.6) is 0 Å². The van der Waals surface area contributed by atoms with Crippen LogP contribution in [0.2, 0.25) is 19.6 Å². The van der Waals surface area contributed by atoms with Gasteiger partial charge in [-0.1, -0.05) is 158 Å². The maximum absolute atomic E-state index is 8.49. The minimum atomic E-state index is -2.12. The van der Waals surface area contributed by atoms with Gasteiger partial charge in [-0.2, -0.15) is 42.5 Å². The molecule has 316 valence electrons. The molecule has 0 spiro atoms. The molecule has 0 radical (unpaired) electrons. The quantitative estimate of drug-likeness (QED) is 0.0905. The van der Waals surface area contributed by atoms with Crippen molar-refractivity contribution in [1.29, 1.82) is 0 Å². The Kier molecular flexibility index (Phi) is 10.9. The molecule has 0 unspecified atom stereocenters. The molecule has 5 heteroatoms. The Morgan fingerprint density at radius 1 is 0.635 bits per heavy atom. The third-order valence-electron chi connectivity index (χ3n) is 12.1. The first-order valence-electron chi connectivity index (χ1n) is 23.7. The molecule has 0 saturated heterocycles. The van der Waals surface area contributed by atoms with Crippen molar-refractivity contribution in [2.24, 2.45) is 0 Å². The van der Waals surface area contributed by atoms with E-state index in [2.05, 4.69) is 167 Å². The van der Waals surface area contributed by atoms with Gasteiger partial charge in [0.05, 0.1) is 22.4 Å². The first kappa shape index (κ1) is 39.0. The van der Waals surface area contributed by atoms with Crippen LogP contribution in [0.25, 0.3) is 82.7 Å². The van der Waals surface area contributed by atoms with Gasteiger partial charge >= 0.3 is 20.1 Å². The van der Waals surface area contributed by atoms with Crippen LogP contribution in [-0.4, -0.2) is 17.6 Å². The van der Waals surface area contributed by atoms with E-state index in [0.29, 0.717) is 11.8 Å². The molecule has 0 saturated carbocycles. The Bertz CT molecular complexity index is 3420.